The molecule has 2 aromatic carbocycles. The molecule has 2 aromatic rings. The van der Waals surface area contributed by atoms with Crippen molar-refractivity contribution in [3.63, 3.8) is 0 Å². The average molecular weight is 316 g/mol. The quantitative estimate of drug-likeness (QED) is 0.566. The molecule has 0 nitrogen and oxygen atoms in total. The van der Waals surface area contributed by atoms with Gasteiger partial charge in [0.05, 0.1) is 0 Å². The van der Waals surface area contributed by atoms with Crippen LogP contribution in [-0.2, 0) is 18.3 Å². The smallest absolute Gasteiger partial charge is 0.00274 e. The fourth-order valence-electron chi connectivity index (χ4n) is 5.97. The van der Waals surface area contributed by atoms with E-state index in [9.17, 15) is 0 Å². The zero-order valence-corrected chi connectivity index (χ0v) is 15.1. The van der Waals surface area contributed by atoms with Gasteiger partial charge in [0, 0.05) is 5.41 Å². The molecule has 2 unspecified atom stereocenters. The Kier molecular flexibility index (Phi) is 3.21. The minimum atomic E-state index is 0.486. The van der Waals surface area contributed by atoms with Gasteiger partial charge in [-0.15, -0.1) is 0 Å². The van der Waals surface area contributed by atoms with Crippen molar-refractivity contribution in [2.45, 2.75) is 64.2 Å². The molecule has 0 aromatic heterocycles. The SMILES string of the molecule is CC(C)Cc1cccc2cc3c(cc12)CCCC31CC2=CCC1C2. The van der Waals surface area contributed by atoms with E-state index in [0.717, 1.165) is 11.8 Å². The highest BCUT2D eigenvalue weighted by Gasteiger charge is 2.49. The maximum atomic E-state index is 2.59. The van der Waals surface area contributed by atoms with Gasteiger partial charge in [-0.05, 0) is 84.2 Å². The van der Waals surface area contributed by atoms with Gasteiger partial charge in [0.1, 0.15) is 0 Å². The Bertz CT molecular complexity index is 838. The van der Waals surface area contributed by atoms with Crippen LogP contribution in [0.4, 0.5) is 0 Å². The highest BCUT2D eigenvalue weighted by molar-refractivity contribution is 5.88. The molecule has 2 bridgehead atoms. The Morgan fingerprint density at radius 2 is 2.12 bits per heavy atom. The van der Waals surface area contributed by atoms with Gasteiger partial charge in [-0.3, -0.25) is 0 Å². The van der Waals surface area contributed by atoms with Crippen molar-refractivity contribution in [1.29, 1.82) is 0 Å². The molecule has 3 aliphatic carbocycles. The third kappa shape index (κ3) is 2.05. The first kappa shape index (κ1) is 14.8. The summed E-state index contributed by atoms with van der Waals surface area (Å²) in [6.07, 6.45) is 11.9. The van der Waals surface area contributed by atoms with Gasteiger partial charge in [0.15, 0.2) is 0 Å². The summed E-state index contributed by atoms with van der Waals surface area (Å²) in [4.78, 5) is 0. The summed E-state index contributed by atoms with van der Waals surface area (Å²) in [5.41, 5.74) is 7.16. The second kappa shape index (κ2) is 5.22. The van der Waals surface area contributed by atoms with Crippen LogP contribution < -0.4 is 0 Å². The summed E-state index contributed by atoms with van der Waals surface area (Å²) in [7, 11) is 0. The van der Waals surface area contributed by atoms with Crippen LogP contribution in [0.2, 0.25) is 0 Å². The predicted octanol–water partition coefficient (Wildman–Crippen LogP) is 6.35. The van der Waals surface area contributed by atoms with Crippen LogP contribution >= 0.6 is 0 Å². The van der Waals surface area contributed by atoms with Crippen molar-refractivity contribution < 1.29 is 0 Å². The molecular formula is C24H28. The molecule has 1 spiro atoms. The molecule has 3 aliphatic rings. The third-order valence-electron chi connectivity index (χ3n) is 6.95. The summed E-state index contributed by atoms with van der Waals surface area (Å²) in [5.74, 6) is 1.61. The largest absolute Gasteiger partial charge is 0.0850 e. The van der Waals surface area contributed by atoms with Crippen molar-refractivity contribution in [2.24, 2.45) is 11.8 Å². The van der Waals surface area contributed by atoms with Crippen molar-refractivity contribution in [2.75, 3.05) is 0 Å². The summed E-state index contributed by atoms with van der Waals surface area (Å²) < 4.78 is 0. The van der Waals surface area contributed by atoms with Gasteiger partial charge >= 0.3 is 0 Å². The van der Waals surface area contributed by atoms with E-state index < -0.39 is 0 Å². The zero-order valence-electron chi connectivity index (χ0n) is 15.1. The molecule has 0 saturated heterocycles. The summed E-state index contributed by atoms with van der Waals surface area (Å²) >= 11 is 0. The van der Waals surface area contributed by atoms with E-state index in [4.69, 9.17) is 0 Å². The lowest BCUT2D eigenvalue weighted by atomic mass is 9.62. The molecule has 0 heterocycles. The Morgan fingerprint density at radius 1 is 1.21 bits per heavy atom. The lowest BCUT2D eigenvalue weighted by Crippen LogP contribution is -2.35. The first-order valence-corrected chi connectivity index (χ1v) is 9.89. The maximum absolute atomic E-state index is 2.59. The molecule has 0 heteroatoms. The van der Waals surface area contributed by atoms with Gasteiger partial charge in [-0.2, -0.15) is 0 Å². The molecule has 5 rings (SSSR count). The van der Waals surface area contributed by atoms with Crippen LogP contribution in [-0.4, -0.2) is 0 Å². The molecule has 0 amide bonds. The number of benzene rings is 2. The average Bonchev–Trinajstić information content (AvgIpc) is 3.15. The first-order chi connectivity index (χ1) is 11.7. The lowest BCUT2D eigenvalue weighted by Gasteiger charge is -2.42. The van der Waals surface area contributed by atoms with Crippen LogP contribution in [0.15, 0.2) is 42.0 Å². The second-order valence-corrected chi connectivity index (χ2v) is 8.93. The summed E-state index contributed by atoms with van der Waals surface area (Å²) in [5, 5.41) is 2.99. The van der Waals surface area contributed by atoms with Gasteiger partial charge in [-0.25, -0.2) is 0 Å². The minimum Gasteiger partial charge on any atom is -0.0850 e. The van der Waals surface area contributed by atoms with Gasteiger partial charge in [-0.1, -0.05) is 55.8 Å². The normalized spacial score (nSPS) is 28.0. The monoisotopic (exact) mass is 316 g/mol. The molecular weight excluding hydrogens is 288 g/mol. The molecule has 24 heavy (non-hydrogen) atoms. The van der Waals surface area contributed by atoms with Crippen LogP contribution in [0.3, 0.4) is 0 Å². The van der Waals surface area contributed by atoms with Gasteiger partial charge in [0.2, 0.25) is 0 Å². The van der Waals surface area contributed by atoms with Crippen molar-refractivity contribution in [3.05, 3.63) is 58.7 Å². The van der Waals surface area contributed by atoms with E-state index in [-0.39, 0.29) is 0 Å². The predicted molar refractivity (Wildman–Crippen MR) is 103 cm³/mol. The highest BCUT2D eigenvalue weighted by atomic mass is 14.5. The van der Waals surface area contributed by atoms with E-state index in [1.807, 2.05) is 0 Å². The van der Waals surface area contributed by atoms with Crippen LogP contribution in [0, 0.1) is 11.8 Å². The second-order valence-electron chi connectivity index (χ2n) is 8.93. The van der Waals surface area contributed by atoms with Gasteiger partial charge < -0.3 is 0 Å². The minimum absolute atomic E-state index is 0.486. The molecule has 1 fully saturated rings. The molecule has 1 saturated carbocycles. The number of hydrogen-bond acceptors (Lipinski definition) is 0. The first-order valence-electron chi connectivity index (χ1n) is 9.89. The highest BCUT2D eigenvalue weighted by Crippen LogP contribution is 2.59. The van der Waals surface area contributed by atoms with Crippen LogP contribution in [0.1, 0.15) is 62.6 Å². The van der Waals surface area contributed by atoms with Crippen LogP contribution in [0.25, 0.3) is 10.8 Å². The summed E-state index contributed by atoms with van der Waals surface area (Å²) in [6.45, 7) is 4.66. The lowest BCUT2D eigenvalue weighted by molar-refractivity contribution is 0.270. The Labute approximate surface area is 146 Å². The Morgan fingerprint density at radius 3 is 2.88 bits per heavy atom. The number of aryl methyl sites for hydroxylation is 1. The van der Waals surface area contributed by atoms with E-state index in [2.05, 4.69) is 50.3 Å². The topological polar surface area (TPSA) is 0 Å². The van der Waals surface area contributed by atoms with E-state index in [1.54, 1.807) is 22.3 Å². The zero-order chi connectivity index (χ0) is 16.3. The van der Waals surface area contributed by atoms with Gasteiger partial charge in [0.25, 0.3) is 0 Å². The fraction of sp³-hybridized carbons (Fsp3) is 0.500. The third-order valence-corrected chi connectivity index (χ3v) is 6.95. The molecule has 124 valence electrons. The number of hydrogen-bond donors (Lipinski definition) is 0. The maximum Gasteiger partial charge on any atom is 0.00274 e. The molecule has 0 N–H and O–H groups in total. The van der Waals surface area contributed by atoms with Crippen molar-refractivity contribution >= 4 is 10.8 Å². The van der Waals surface area contributed by atoms with Crippen molar-refractivity contribution in [1.82, 2.24) is 0 Å². The molecule has 0 radical (unpaired) electrons. The summed E-state index contributed by atoms with van der Waals surface area (Å²) in [6, 6.07) is 12.1. The standard InChI is InChI=1S/C24H28/c1-16(2)11-18-5-3-6-19-14-23-20(13-22(18)19)7-4-10-24(23)15-17-8-9-21(24)12-17/h3,5-6,8,13-14,16,21H,4,7,9-12,15H2,1-2H3. The Balaban J connectivity index is 1.69. The van der Waals surface area contributed by atoms with E-state index in [1.165, 1.54) is 55.7 Å². The fourth-order valence-corrected chi connectivity index (χ4v) is 5.97. The molecule has 0 aliphatic heterocycles. The van der Waals surface area contributed by atoms with Crippen molar-refractivity contribution in [3.8, 4) is 0 Å². The van der Waals surface area contributed by atoms with Crippen LogP contribution in [0.5, 0.6) is 0 Å². The number of rotatable bonds is 2. The molecule has 2 atom stereocenters. The Hall–Kier alpha value is -1.56. The number of fused-ring (bicyclic) bond motifs is 6. The number of allylic oxidation sites excluding steroid dienone is 2. The van der Waals surface area contributed by atoms with E-state index >= 15 is 0 Å². The van der Waals surface area contributed by atoms with E-state index in [0.29, 0.717) is 5.41 Å².